The number of hydrogen-bond acceptors (Lipinski definition) is 2. The highest BCUT2D eigenvalue weighted by Gasteiger charge is 2.66. The van der Waals surface area contributed by atoms with E-state index in [-0.39, 0.29) is 15.8 Å². The van der Waals surface area contributed by atoms with Crippen molar-refractivity contribution in [1.29, 1.82) is 0 Å². The summed E-state index contributed by atoms with van der Waals surface area (Å²) in [5.74, 6) is 0.627. The normalized spacial score (nSPS) is 57.1. The van der Waals surface area contributed by atoms with Crippen LogP contribution in [-0.4, -0.2) is 10.5 Å². The first-order valence-corrected chi connectivity index (χ1v) is 6.00. The van der Waals surface area contributed by atoms with Gasteiger partial charge in [-0.05, 0) is 36.0 Å². The fourth-order valence-electron chi connectivity index (χ4n) is 5.59. The van der Waals surface area contributed by atoms with Crippen LogP contribution in [0.15, 0.2) is 0 Å². The molecular formula is C12H19NO2. The Hall–Kier alpha value is -0.600. The number of nitro groups is 1. The van der Waals surface area contributed by atoms with Crippen molar-refractivity contribution < 1.29 is 4.92 Å². The molecule has 0 aromatic rings. The van der Waals surface area contributed by atoms with E-state index in [1.54, 1.807) is 0 Å². The fourth-order valence-corrected chi connectivity index (χ4v) is 5.59. The zero-order chi connectivity index (χ0) is 10.9. The van der Waals surface area contributed by atoms with Crippen molar-refractivity contribution in [2.75, 3.05) is 0 Å². The summed E-state index contributed by atoms with van der Waals surface area (Å²) in [7, 11) is 0. The Morgan fingerprint density at radius 1 is 1.07 bits per heavy atom. The van der Waals surface area contributed by atoms with Crippen LogP contribution >= 0.6 is 0 Å². The van der Waals surface area contributed by atoms with Gasteiger partial charge >= 0.3 is 0 Å². The highest BCUT2D eigenvalue weighted by Crippen LogP contribution is 2.66. The van der Waals surface area contributed by atoms with Crippen LogP contribution in [0.4, 0.5) is 0 Å². The number of rotatable bonds is 1. The molecule has 84 valence electrons. The zero-order valence-electron chi connectivity index (χ0n) is 9.58. The van der Waals surface area contributed by atoms with E-state index in [9.17, 15) is 10.1 Å². The summed E-state index contributed by atoms with van der Waals surface area (Å²) in [6, 6.07) is 0. The Morgan fingerprint density at radius 2 is 1.60 bits per heavy atom. The quantitative estimate of drug-likeness (QED) is 0.492. The van der Waals surface area contributed by atoms with Gasteiger partial charge in [0.2, 0.25) is 5.54 Å². The van der Waals surface area contributed by atoms with Gasteiger partial charge in [-0.2, -0.15) is 0 Å². The van der Waals surface area contributed by atoms with Gasteiger partial charge in [-0.25, -0.2) is 0 Å². The fraction of sp³-hybridized carbons (Fsp3) is 1.00. The van der Waals surface area contributed by atoms with E-state index >= 15 is 0 Å². The third-order valence-corrected chi connectivity index (χ3v) is 4.98. The van der Waals surface area contributed by atoms with Crippen LogP contribution in [-0.2, 0) is 0 Å². The summed E-state index contributed by atoms with van der Waals surface area (Å²) in [6.45, 7) is 4.54. The lowest BCUT2D eigenvalue weighted by atomic mass is 9.43. The molecule has 3 heteroatoms. The average molecular weight is 209 g/mol. The predicted octanol–water partition coefficient (Wildman–Crippen LogP) is 3.01. The third kappa shape index (κ3) is 1.18. The highest BCUT2D eigenvalue weighted by molar-refractivity contribution is 5.11. The topological polar surface area (TPSA) is 43.1 Å². The SMILES string of the molecule is CC12CC3CC(C)(C1)CC([N+](=O)[O-])(C3)C2. The van der Waals surface area contributed by atoms with Crippen molar-refractivity contribution in [2.24, 2.45) is 16.7 Å². The molecule has 0 N–H and O–H groups in total. The van der Waals surface area contributed by atoms with Gasteiger partial charge in [-0.1, -0.05) is 13.8 Å². The van der Waals surface area contributed by atoms with Gasteiger partial charge in [0.1, 0.15) is 0 Å². The highest BCUT2D eigenvalue weighted by atomic mass is 16.6. The molecule has 0 heterocycles. The number of hydrogen-bond donors (Lipinski definition) is 0. The molecule has 0 spiro atoms. The smallest absolute Gasteiger partial charge is 0.223 e. The Bertz CT molecular complexity index is 321. The van der Waals surface area contributed by atoms with E-state index in [1.165, 1.54) is 19.3 Å². The van der Waals surface area contributed by atoms with Crippen LogP contribution in [0.5, 0.6) is 0 Å². The average Bonchev–Trinajstić information content (AvgIpc) is 1.95. The summed E-state index contributed by atoms with van der Waals surface area (Å²) in [5, 5.41) is 11.3. The molecule has 15 heavy (non-hydrogen) atoms. The minimum atomic E-state index is -0.553. The lowest BCUT2D eigenvalue weighted by molar-refractivity contribution is -0.594. The molecule has 0 saturated heterocycles. The lowest BCUT2D eigenvalue weighted by Gasteiger charge is -2.61. The van der Waals surface area contributed by atoms with Crippen molar-refractivity contribution in [2.45, 2.75) is 57.9 Å². The molecule has 4 bridgehead atoms. The van der Waals surface area contributed by atoms with Crippen molar-refractivity contribution in [3.8, 4) is 0 Å². The molecule has 4 fully saturated rings. The largest absolute Gasteiger partial charge is 0.264 e. The molecule has 4 rings (SSSR count). The molecule has 0 aromatic carbocycles. The molecule has 2 atom stereocenters. The molecule has 4 saturated carbocycles. The summed E-state index contributed by atoms with van der Waals surface area (Å²) in [6.07, 6.45) is 6.20. The lowest BCUT2D eigenvalue weighted by Crippen LogP contribution is -2.61. The molecule has 0 radical (unpaired) electrons. The molecule has 4 aliphatic carbocycles. The van der Waals surface area contributed by atoms with Gasteiger partial charge in [0.05, 0.1) is 0 Å². The third-order valence-electron chi connectivity index (χ3n) is 4.98. The molecule has 0 aromatic heterocycles. The van der Waals surface area contributed by atoms with E-state index in [4.69, 9.17) is 0 Å². The van der Waals surface area contributed by atoms with Gasteiger partial charge in [0.15, 0.2) is 0 Å². The van der Waals surface area contributed by atoms with Crippen LogP contribution in [0.25, 0.3) is 0 Å². The Balaban J connectivity index is 2.05. The Kier molecular flexibility index (Phi) is 1.53. The van der Waals surface area contributed by atoms with Crippen LogP contribution in [0, 0.1) is 26.9 Å². The second kappa shape index (κ2) is 2.38. The standard InChI is InChI=1S/C12H19NO2/c1-10-3-9-4-11(2,6-10)8-12(5-9,7-10)13(14)15/h9H,3-8H2,1-2H3. The molecule has 0 amide bonds. The molecule has 2 unspecified atom stereocenters. The van der Waals surface area contributed by atoms with E-state index in [2.05, 4.69) is 13.8 Å². The van der Waals surface area contributed by atoms with Crippen molar-refractivity contribution in [3.63, 3.8) is 0 Å². The summed E-state index contributed by atoms with van der Waals surface area (Å²) >= 11 is 0. The van der Waals surface area contributed by atoms with Gasteiger partial charge in [-0.15, -0.1) is 0 Å². The maximum absolute atomic E-state index is 11.3. The molecular weight excluding hydrogens is 190 g/mol. The van der Waals surface area contributed by atoms with E-state index in [1.807, 2.05) is 0 Å². The first-order valence-electron chi connectivity index (χ1n) is 6.00. The van der Waals surface area contributed by atoms with Crippen molar-refractivity contribution in [1.82, 2.24) is 0 Å². The molecule has 4 aliphatic rings. The first-order chi connectivity index (χ1) is 6.85. The predicted molar refractivity (Wildman–Crippen MR) is 57.1 cm³/mol. The van der Waals surface area contributed by atoms with Gasteiger partial charge in [0, 0.05) is 24.2 Å². The van der Waals surface area contributed by atoms with Gasteiger partial charge in [-0.3, -0.25) is 10.1 Å². The summed E-state index contributed by atoms with van der Waals surface area (Å²) < 4.78 is 0. The summed E-state index contributed by atoms with van der Waals surface area (Å²) in [5.41, 5.74) is -0.0224. The second-order valence-corrected chi connectivity index (χ2v) is 7.11. The monoisotopic (exact) mass is 209 g/mol. The second-order valence-electron chi connectivity index (χ2n) is 7.11. The summed E-state index contributed by atoms with van der Waals surface area (Å²) in [4.78, 5) is 11.4. The Labute approximate surface area is 90.4 Å². The minimum absolute atomic E-state index is 0.0496. The first kappa shape index (κ1) is 9.61. The van der Waals surface area contributed by atoms with Crippen molar-refractivity contribution in [3.05, 3.63) is 10.1 Å². The van der Waals surface area contributed by atoms with E-state index in [0.29, 0.717) is 5.92 Å². The van der Waals surface area contributed by atoms with E-state index < -0.39 is 5.54 Å². The van der Waals surface area contributed by atoms with E-state index in [0.717, 1.165) is 19.3 Å². The van der Waals surface area contributed by atoms with Gasteiger partial charge < -0.3 is 0 Å². The maximum atomic E-state index is 11.3. The maximum Gasteiger partial charge on any atom is 0.223 e. The minimum Gasteiger partial charge on any atom is -0.264 e. The zero-order valence-corrected chi connectivity index (χ0v) is 9.58. The molecule has 3 nitrogen and oxygen atoms in total. The van der Waals surface area contributed by atoms with Gasteiger partial charge in [0.25, 0.3) is 0 Å². The Morgan fingerprint density at radius 3 is 2.00 bits per heavy atom. The van der Waals surface area contributed by atoms with Crippen LogP contribution in [0.3, 0.4) is 0 Å². The van der Waals surface area contributed by atoms with Crippen LogP contribution in [0.1, 0.15) is 52.4 Å². The van der Waals surface area contributed by atoms with Crippen molar-refractivity contribution >= 4 is 0 Å². The van der Waals surface area contributed by atoms with Crippen LogP contribution < -0.4 is 0 Å². The molecule has 0 aliphatic heterocycles. The number of nitrogens with zero attached hydrogens (tertiary/aromatic N) is 1. The van der Waals surface area contributed by atoms with Crippen LogP contribution in [0.2, 0.25) is 0 Å².